The van der Waals surface area contributed by atoms with E-state index in [2.05, 4.69) is 51.1 Å². The number of halogens is 1. The van der Waals surface area contributed by atoms with Gasteiger partial charge in [0, 0.05) is 29.4 Å². The molecule has 1 aliphatic heterocycles. The Labute approximate surface area is 150 Å². The molecule has 0 bridgehead atoms. The summed E-state index contributed by atoms with van der Waals surface area (Å²) in [6.07, 6.45) is 3.09. The van der Waals surface area contributed by atoms with Crippen molar-refractivity contribution in [3.63, 3.8) is 0 Å². The third-order valence-electron chi connectivity index (χ3n) is 5.40. The average molecular weight is 413 g/mol. The summed E-state index contributed by atoms with van der Waals surface area (Å²) >= 11 is 3.67. The van der Waals surface area contributed by atoms with Gasteiger partial charge in [0.25, 0.3) is 10.1 Å². The molecule has 1 aliphatic carbocycles. The summed E-state index contributed by atoms with van der Waals surface area (Å²) in [6, 6.07) is 6.88. The van der Waals surface area contributed by atoms with Crippen LogP contribution in [0.25, 0.3) is 10.9 Å². The monoisotopic (exact) mass is 412 g/mol. The van der Waals surface area contributed by atoms with Crippen molar-refractivity contribution in [3.8, 4) is 0 Å². The van der Waals surface area contributed by atoms with Crippen molar-refractivity contribution in [1.29, 1.82) is 0 Å². The summed E-state index contributed by atoms with van der Waals surface area (Å²) in [7, 11) is -1.25. The highest BCUT2D eigenvalue weighted by atomic mass is 79.9. The molecule has 2 unspecified atom stereocenters. The Morgan fingerprint density at radius 1 is 1.42 bits per heavy atom. The van der Waals surface area contributed by atoms with Crippen LogP contribution in [0.4, 0.5) is 0 Å². The zero-order valence-corrected chi connectivity index (χ0v) is 16.2. The molecule has 3 atom stereocenters. The number of likely N-dealkylation sites (tertiary alicyclic amines) is 1. The largest absolute Gasteiger partial charge is 0.349 e. The molecule has 130 valence electrons. The van der Waals surface area contributed by atoms with Crippen molar-refractivity contribution in [2.24, 2.45) is 5.92 Å². The van der Waals surface area contributed by atoms with E-state index in [0.717, 1.165) is 30.2 Å². The van der Waals surface area contributed by atoms with Crippen molar-refractivity contribution in [2.45, 2.75) is 24.8 Å². The van der Waals surface area contributed by atoms with Crippen LogP contribution in [0.5, 0.6) is 0 Å². The highest BCUT2D eigenvalue weighted by molar-refractivity contribution is 9.10. The maximum absolute atomic E-state index is 11.3. The van der Waals surface area contributed by atoms with E-state index in [1.54, 1.807) is 0 Å². The number of aromatic amines is 1. The van der Waals surface area contributed by atoms with Crippen molar-refractivity contribution in [2.75, 3.05) is 26.5 Å². The maximum Gasteiger partial charge on any atom is 0.264 e. The first-order valence-electron chi connectivity index (χ1n) is 8.17. The number of aromatic nitrogens is 1. The fourth-order valence-electron chi connectivity index (χ4n) is 4.44. The maximum atomic E-state index is 11.3. The van der Waals surface area contributed by atoms with Crippen LogP contribution in [0.2, 0.25) is 0 Å². The number of H-pyrrole nitrogens is 1. The minimum absolute atomic E-state index is 0.227. The molecule has 1 aromatic heterocycles. The third-order valence-corrected chi connectivity index (χ3v) is 6.64. The number of rotatable bonds is 3. The summed E-state index contributed by atoms with van der Waals surface area (Å²) in [4.78, 5) is 5.80. The van der Waals surface area contributed by atoms with Gasteiger partial charge in [-0.25, -0.2) is 0 Å². The van der Waals surface area contributed by atoms with E-state index < -0.39 is 10.1 Å². The minimum Gasteiger partial charge on any atom is -0.349 e. The van der Waals surface area contributed by atoms with Crippen LogP contribution in [-0.2, 0) is 20.7 Å². The van der Waals surface area contributed by atoms with Crippen molar-refractivity contribution in [3.05, 3.63) is 33.9 Å². The molecule has 1 aromatic carbocycles. The van der Waals surface area contributed by atoms with Crippen molar-refractivity contribution in [1.82, 2.24) is 9.88 Å². The zero-order valence-electron chi connectivity index (χ0n) is 13.8. The van der Waals surface area contributed by atoms with Crippen LogP contribution in [0, 0.1) is 5.92 Å². The van der Waals surface area contributed by atoms with E-state index in [9.17, 15) is 8.42 Å². The number of piperidine rings is 1. The number of nitrogens with one attached hydrogen (secondary N) is 1. The molecule has 0 saturated carbocycles. The van der Waals surface area contributed by atoms with Gasteiger partial charge in [-0.3, -0.25) is 4.18 Å². The predicted molar refractivity (Wildman–Crippen MR) is 97.8 cm³/mol. The highest BCUT2D eigenvalue weighted by Gasteiger charge is 2.40. The van der Waals surface area contributed by atoms with E-state index in [0.29, 0.717) is 12.0 Å². The van der Waals surface area contributed by atoms with Gasteiger partial charge in [-0.05, 0) is 58.9 Å². The summed E-state index contributed by atoms with van der Waals surface area (Å²) < 4.78 is 28.8. The molecule has 2 aromatic rings. The average Bonchev–Trinajstić information content (AvgIpc) is 2.83. The first-order valence-corrected chi connectivity index (χ1v) is 10.8. The Hall–Kier alpha value is -0.890. The van der Waals surface area contributed by atoms with Gasteiger partial charge >= 0.3 is 0 Å². The molecule has 0 radical (unpaired) electrons. The SMILES string of the molecule is CN1CC(COS(C)(=O)=O)CC2c3cccc4[nH]c(Br)c(c34)C[C@H]21. The fourth-order valence-corrected chi connectivity index (χ4v) is 5.45. The molecule has 4 rings (SSSR count). The lowest BCUT2D eigenvalue weighted by Crippen LogP contribution is -2.48. The molecule has 1 fully saturated rings. The van der Waals surface area contributed by atoms with Gasteiger partial charge in [0.2, 0.25) is 0 Å². The number of likely N-dealkylation sites (N-methyl/N-ethyl adjacent to an activating group) is 1. The highest BCUT2D eigenvalue weighted by Crippen LogP contribution is 2.46. The molecule has 1 N–H and O–H groups in total. The normalized spacial score (nSPS) is 27.4. The van der Waals surface area contributed by atoms with Crippen LogP contribution < -0.4 is 0 Å². The van der Waals surface area contributed by atoms with E-state index in [1.165, 1.54) is 22.0 Å². The van der Waals surface area contributed by atoms with Crippen molar-refractivity contribution < 1.29 is 12.6 Å². The number of benzene rings is 1. The van der Waals surface area contributed by atoms with Gasteiger partial charge in [-0.15, -0.1) is 0 Å². The van der Waals surface area contributed by atoms with E-state index in [4.69, 9.17) is 4.18 Å². The Bertz CT molecular complexity index is 893. The molecule has 2 heterocycles. The second-order valence-electron chi connectivity index (χ2n) is 7.10. The number of hydrogen-bond acceptors (Lipinski definition) is 4. The van der Waals surface area contributed by atoms with Gasteiger partial charge in [0.05, 0.1) is 17.5 Å². The summed E-state index contributed by atoms with van der Waals surface area (Å²) in [5.41, 5.74) is 3.90. The molecule has 5 nitrogen and oxygen atoms in total. The minimum atomic E-state index is -3.39. The first-order chi connectivity index (χ1) is 11.3. The zero-order chi connectivity index (χ0) is 17.1. The Morgan fingerprint density at radius 2 is 2.21 bits per heavy atom. The lowest BCUT2D eigenvalue weighted by Gasteiger charge is -2.45. The lowest BCUT2D eigenvalue weighted by molar-refractivity contribution is 0.0855. The summed E-state index contributed by atoms with van der Waals surface area (Å²) in [5.74, 6) is 0.640. The van der Waals surface area contributed by atoms with Crippen LogP contribution in [-0.4, -0.2) is 50.8 Å². The van der Waals surface area contributed by atoms with Gasteiger partial charge in [0.1, 0.15) is 0 Å². The smallest absolute Gasteiger partial charge is 0.264 e. The topological polar surface area (TPSA) is 62.4 Å². The molecule has 2 aliphatic rings. The molecular formula is C17H21BrN2O3S. The number of fused-ring (bicyclic) bond motifs is 2. The lowest BCUT2D eigenvalue weighted by atomic mass is 9.72. The molecular weight excluding hydrogens is 392 g/mol. The van der Waals surface area contributed by atoms with Gasteiger partial charge in [-0.2, -0.15) is 8.42 Å². The molecule has 1 saturated heterocycles. The van der Waals surface area contributed by atoms with E-state index >= 15 is 0 Å². The Morgan fingerprint density at radius 3 is 2.96 bits per heavy atom. The van der Waals surface area contributed by atoms with Crippen LogP contribution in [0.1, 0.15) is 23.5 Å². The first kappa shape index (κ1) is 16.6. The summed E-state index contributed by atoms with van der Waals surface area (Å²) in [5, 5.41) is 1.34. The Kier molecular flexibility index (Phi) is 4.03. The Balaban J connectivity index is 1.69. The van der Waals surface area contributed by atoms with E-state index in [-0.39, 0.29) is 12.5 Å². The van der Waals surface area contributed by atoms with Crippen LogP contribution >= 0.6 is 15.9 Å². The molecule has 24 heavy (non-hydrogen) atoms. The molecule has 0 amide bonds. The van der Waals surface area contributed by atoms with Gasteiger partial charge < -0.3 is 9.88 Å². The predicted octanol–water partition coefficient (Wildman–Crippen LogP) is 2.87. The van der Waals surface area contributed by atoms with Crippen LogP contribution in [0.15, 0.2) is 22.8 Å². The third kappa shape index (κ3) is 2.81. The standard InChI is InChI=1S/C17H21BrN2O3S/c1-20-8-10(9-23-24(2,21)22)6-12-11-4-3-5-14-16(11)13(7-15(12)20)17(18)19-14/h3-5,10,12,15,19H,6-9H2,1-2H3/t10?,12?,15-/m1/s1. The second-order valence-corrected chi connectivity index (χ2v) is 9.53. The van der Waals surface area contributed by atoms with Gasteiger partial charge in [-0.1, -0.05) is 12.1 Å². The fraction of sp³-hybridized carbons (Fsp3) is 0.529. The molecule has 7 heteroatoms. The number of hydrogen-bond donors (Lipinski definition) is 1. The summed E-state index contributed by atoms with van der Waals surface area (Å²) in [6.45, 7) is 1.14. The quantitative estimate of drug-likeness (QED) is 0.787. The van der Waals surface area contributed by atoms with Crippen LogP contribution in [0.3, 0.4) is 0 Å². The van der Waals surface area contributed by atoms with Crippen molar-refractivity contribution >= 4 is 37.0 Å². The number of nitrogens with zero attached hydrogens (tertiary/aromatic N) is 1. The van der Waals surface area contributed by atoms with E-state index in [1.807, 2.05) is 0 Å². The second kappa shape index (κ2) is 5.83. The van der Waals surface area contributed by atoms with Gasteiger partial charge in [0.15, 0.2) is 0 Å². The molecule has 0 spiro atoms.